The number of nitrogens with zero attached hydrogens (tertiary/aromatic N) is 1. The number of hydrogen-bond acceptors (Lipinski definition) is 2. The SMILES string of the molecule is CC(C)CCCCN1CC(C(C)(C)C)NCC1C(C)C. The Morgan fingerprint density at radius 2 is 1.75 bits per heavy atom. The number of nitrogens with one attached hydrogen (secondary N) is 1. The first kappa shape index (κ1) is 18.0. The van der Waals surface area contributed by atoms with Crippen LogP contribution in [0.25, 0.3) is 0 Å². The highest BCUT2D eigenvalue weighted by atomic mass is 15.2. The molecule has 2 heteroatoms. The van der Waals surface area contributed by atoms with Crippen LogP contribution >= 0.6 is 0 Å². The molecule has 0 saturated carbocycles. The molecule has 0 aliphatic carbocycles. The lowest BCUT2D eigenvalue weighted by Gasteiger charge is -2.46. The highest BCUT2D eigenvalue weighted by Gasteiger charge is 2.34. The van der Waals surface area contributed by atoms with E-state index >= 15 is 0 Å². The molecule has 1 heterocycles. The third-order valence-electron chi connectivity index (χ3n) is 4.75. The van der Waals surface area contributed by atoms with Gasteiger partial charge in [0.2, 0.25) is 0 Å². The van der Waals surface area contributed by atoms with Crippen LogP contribution in [-0.4, -0.2) is 36.6 Å². The number of rotatable bonds is 6. The zero-order valence-corrected chi connectivity index (χ0v) is 15.0. The summed E-state index contributed by atoms with van der Waals surface area (Å²) < 4.78 is 0. The summed E-state index contributed by atoms with van der Waals surface area (Å²) in [5.74, 6) is 1.59. The standard InChI is InChI=1S/C18H38N2/c1-14(2)10-8-9-11-20-13-17(18(5,6)7)19-12-16(20)15(3)4/h14-17,19H,8-13H2,1-7H3. The van der Waals surface area contributed by atoms with E-state index in [2.05, 4.69) is 58.7 Å². The van der Waals surface area contributed by atoms with Crippen molar-refractivity contribution in [3.63, 3.8) is 0 Å². The van der Waals surface area contributed by atoms with E-state index in [1.54, 1.807) is 0 Å². The van der Waals surface area contributed by atoms with Gasteiger partial charge in [0, 0.05) is 25.2 Å². The van der Waals surface area contributed by atoms with Crippen molar-refractivity contribution in [1.29, 1.82) is 0 Å². The minimum Gasteiger partial charge on any atom is -0.311 e. The van der Waals surface area contributed by atoms with Gasteiger partial charge in [0.25, 0.3) is 0 Å². The van der Waals surface area contributed by atoms with Crippen molar-refractivity contribution in [2.75, 3.05) is 19.6 Å². The van der Waals surface area contributed by atoms with Gasteiger partial charge in [0.1, 0.15) is 0 Å². The molecule has 1 rings (SSSR count). The quantitative estimate of drug-likeness (QED) is 0.736. The maximum atomic E-state index is 3.79. The van der Waals surface area contributed by atoms with E-state index in [1.165, 1.54) is 32.4 Å². The molecular weight excluding hydrogens is 244 g/mol. The molecule has 2 nitrogen and oxygen atoms in total. The van der Waals surface area contributed by atoms with Crippen molar-refractivity contribution in [2.45, 2.75) is 79.8 Å². The smallest absolute Gasteiger partial charge is 0.0244 e. The van der Waals surface area contributed by atoms with E-state index in [1.807, 2.05) is 0 Å². The zero-order valence-electron chi connectivity index (χ0n) is 15.0. The summed E-state index contributed by atoms with van der Waals surface area (Å²) in [7, 11) is 0. The van der Waals surface area contributed by atoms with Crippen molar-refractivity contribution >= 4 is 0 Å². The van der Waals surface area contributed by atoms with E-state index in [0.29, 0.717) is 17.5 Å². The van der Waals surface area contributed by atoms with Crippen molar-refractivity contribution in [1.82, 2.24) is 10.2 Å². The Morgan fingerprint density at radius 1 is 1.10 bits per heavy atom. The molecule has 1 N–H and O–H groups in total. The Bertz CT molecular complexity index is 265. The summed E-state index contributed by atoms with van der Waals surface area (Å²) in [6.07, 6.45) is 4.12. The molecular formula is C18H38N2. The van der Waals surface area contributed by atoms with Crippen LogP contribution in [0.1, 0.15) is 67.7 Å². The van der Waals surface area contributed by atoms with Gasteiger partial charge in [-0.15, -0.1) is 0 Å². The van der Waals surface area contributed by atoms with Crippen molar-refractivity contribution in [2.24, 2.45) is 17.3 Å². The van der Waals surface area contributed by atoms with Crippen LogP contribution in [0.3, 0.4) is 0 Å². The molecule has 1 aliphatic rings. The molecule has 0 aromatic carbocycles. The fourth-order valence-electron chi connectivity index (χ4n) is 3.19. The number of hydrogen-bond donors (Lipinski definition) is 1. The molecule has 0 spiro atoms. The van der Waals surface area contributed by atoms with E-state index in [0.717, 1.165) is 18.4 Å². The Kier molecular flexibility index (Phi) is 7.00. The lowest BCUT2D eigenvalue weighted by atomic mass is 9.83. The Labute approximate surface area is 127 Å². The molecule has 0 bridgehead atoms. The van der Waals surface area contributed by atoms with Crippen LogP contribution in [0.4, 0.5) is 0 Å². The summed E-state index contributed by atoms with van der Waals surface area (Å²) in [5, 5.41) is 3.79. The molecule has 2 unspecified atom stereocenters. The summed E-state index contributed by atoms with van der Waals surface area (Å²) in [5.41, 5.74) is 0.359. The zero-order chi connectivity index (χ0) is 15.3. The molecule has 0 aromatic rings. The van der Waals surface area contributed by atoms with Gasteiger partial charge in [-0.1, -0.05) is 61.3 Å². The summed E-state index contributed by atoms with van der Waals surface area (Å²) in [6, 6.07) is 1.34. The minimum absolute atomic E-state index is 0.359. The third kappa shape index (κ3) is 5.73. The second-order valence-electron chi connectivity index (χ2n) is 8.52. The van der Waals surface area contributed by atoms with Gasteiger partial charge in [-0.2, -0.15) is 0 Å². The maximum Gasteiger partial charge on any atom is 0.0244 e. The second-order valence-corrected chi connectivity index (χ2v) is 8.52. The predicted octanol–water partition coefficient (Wildman–Crippen LogP) is 4.16. The number of piperazine rings is 1. The summed E-state index contributed by atoms with van der Waals surface area (Å²) in [4.78, 5) is 2.76. The average Bonchev–Trinajstić information content (AvgIpc) is 2.32. The number of unbranched alkanes of at least 4 members (excludes halogenated alkanes) is 1. The Hall–Kier alpha value is -0.0800. The fraction of sp³-hybridized carbons (Fsp3) is 1.00. The van der Waals surface area contributed by atoms with Gasteiger partial charge in [0.05, 0.1) is 0 Å². The molecule has 20 heavy (non-hydrogen) atoms. The third-order valence-corrected chi connectivity index (χ3v) is 4.75. The van der Waals surface area contributed by atoms with Crippen LogP contribution in [0.15, 0.2) is 0 Å². The van der Waals surface area contributed by atoms with Gasteiger partial charge in [-0.25, -0.2) is 0 Å². The fourth-order valence-corrected chi connectivity index (χ4v) is 3.19. The Morgan fingerprint density at radius 3 is 2.25 bits per heavy atom. The lowest BCUT2D eigenvalue weighted by molar-refractivity contribution is 0.0617. The van der Waals surface area contributed by atoms with E-state index in [4.69, 9.17) is 0 Å². The summed E-state index contributed by atoms with van der Waals surface area (Å²) in [6.45, 7) is 20.1. The van der Waals surface area contributed by atoms with Crippen LogP contribution < -0.4 is 5.32 Å². The molecule has 0 radical (unpaired) electrons. The molecule has 120 valence electrons. The Balaban J connectivity index is 2.51. The molecule has 0 amide bonds. The highest BCUT2D eigenvalue weighted by molar-refractivity contribution is 4.92. The van der Waals surface area contributed by atoms with Gasteiger partial charge in [0.15, 0.2) is 0 Å². The minimum atomic E-state index is 0.359. The van der Waals surface area contributed by atoms with Crippen LogP contribution in [0.2, 0.25) is 0 Å². The van der Waals surface area contributed by atoms with Gasteiger partial charge in [-0.3, -0.25) is 4.90 Å². The topological polar surface area (TPSA) is 15.3 Å². The largest absolute Gasteiger partial charge is 0.311 e. The highest BCUT2D eigenvalue weighted by Crippen LogP contribution is 2.26. The van der Waals surface area contributed by atoms with E-state index in [9.17, 15) is 0 Å². The molecule has 0 aromatic heterocycles. The van der Waals surface area contributed by atoms with E-state index < -0.39 is 0 Å². The van der Waals surface area contributed by atoms with Crippen LogP contribution in [0.5, 0.6) is 0 Å². The van der Waals surface area contributed by atoms with E-state index in [-0.39, 0.29) is 0 Å². The monoisotopic (exact) mass is 282 g/mol. The first-order valence-corrected chi connectivity index (χ1v) is 8.69. The lowest BCUT2D eigenvalue weighted by Crippen LogP contribution is -2.61. The predicted molar refractivity (Wildman–Crippen MR) is 90.1 cm³/mol. The van der Waals surface area contributed by atoms with Gasteiger partial charge >= 0.3 is 0 Å². The molecule has 1 fully saturated rings. The van der Waals surface area contributed by atoms with Crippen LogP contribution in [-0.2, 0) is 0 Å². The average molecular weight is 283 g/mol. The molecule has 1 saturated heterocycles. The first-order chi connectivity index (χ1) is 9.21. The normalized spacial score (nSPS) is 25.6. The van der Waals surface area contributed by atoms with Crippen LogP contribution in [0, 0.1) is 17.3 Å². The van der Waals surface area contributed by atoms with Crippen molar-refractivity contribution in [3.05, 3.63) is 0 Å². The summed E-state index contributed by atoms with van der Waals surface area (Å²) >= 11 is 0. The maximum absolute atomic E-state index is 3.79. The second kappa shape index (κ2) is 7.79. The van der Waals surface area contributed by atoms with Crippen molar-refractivity contribution < 1.29 is 0 Å². The molecule has 1 aliphatic heterocycles. The van der Waals surface area contributed by atoms with Crippen molar-refractivity contribution in [3.8, 4) is 0 Å². The van der Waals surface area contributed by atoms with Gasteiger partial charge < -0.3 is 5.32 Å². The molecule has 2 atom stereocenters. The van der Waals surface area contributed by atoms with Gasteiger partial charge in [-0.05, 0) is 30.2 Å². The first-order valence-electron chi connectivity index (χ1n) is 8.69.